The summed E-state index contributed by atoms with van der Waals surface area (Å²) < 4.78 is 1.61. The molecule has 3 nitrogen and oxygen atoms in total. The van der Waals surface area contributed by atoms with E-state index in [1.165, 1.54) is 0 Å². The number of nitrogens with zero attached hydrogens (tertiary/aromatic N) is 1. The summed E-state index contributed by atoms with van der Waals surface area (Å²) in [6.07, 6.45) is 2.64. The number of hydrogen-bond acceptors (Lipinski definition) is 1. The Balaban J connectivity index is 3.20. The molecule has 0 aliphatic rings. The molecule has 3 heteroatoms. The lowest BCUT2D eigenvalue weighted by molar-refractivity contribution is 0.799. The lowest BCUT2D eigenvalue weighted by atomic mass is 10.4. The second-order valence-electron chi connectivity index (χ2n) is 2.00. The van der Waals surface area contributed by atoms with E-state index >= 15 is 0 Å². The Bertz CT molecular complexity index is 246. The number of H-pyrrole nitrogens is 1. The highest BCUT2D eigenvalue weighted by atomic mass is 16.1. The third-order valence-electron chi connectivity index (χ3n) is 1.46. The van der Waals surface area contributed by atoms with Crippen LogP contribution in [0.25, 0.3) is 0 Å². The van der Waals surface area contributed by atoms with Crippen molar-refractivity contribution < 1.29 is 0 Å². The first kappa shape index (κ1) is 6.13. The quantitative estimate of drug-likeness (QED) is 0.576. The monoisotopic (exact) mass is 126 g/mol. The van der Waals surface area contributed by atoms with Crippen LogP contribution in [-0.2, 0) is 13.5 Å². The SMILES string of the molecule is CCc1c[nH]c(=O)n1C. The molecule has 1 aromatic heterocycles. The summed E-state index contributed by atoms with van der Waals surface area (Å²) in [7, 11) is 1.76. The predicted molar refractivity (Wildman–Crippen MR) is 35.4 cm³/mol. The Morgan fingerprint density at radius 1 is 1.78 bits per heavy atom. The summed E-state index contributed by atoms with van der Waals surface area (Å²) in [5, 5.41) is 0. The zero-order chi connectivity index (χ0) is 6.85. The molecule has 0 atom stereocenters. The topological polar surface area (TPSA) is 37.8 Å². The Labute approximate surface area is 53.3 Å². The molecule has 0 aromatic carbocycles. The fourth-order valence-electron chi connectivity index (χ4n) is 0.808. The van der Waals surface area contributed by atoms with Gasteiger partial charge in [0.25, 0.3) is 0 Å². The highest BCUT2D eigenvalue weighted by Crippen LogP contribution is 1.90. The fourth-order valence-corrected chi connectivity index (χ4v) is 0.808. The average molecular weight is 126 g/mol. The van der Waals surface area contributed by atoms with Gasteiger partial charge < -0.3 is 4.98 Å². The molecular weight excluding hydrogens is 116 g/mol. The molecule has 0 spiro atoms. The van der Waals surface area contributed by atoms with Gasteiger partial charge in [-0.1, -0.05) is 6.92 Å². The van der Waals surface area contributed by atoms with Gasteiger partial charge in [-0.05, 0) is 6.42 Å². The van der Waals surface area contributed by atoms with Crippen molar-refractivity contribution in [2.45, 2.75) is 13.3 Å². The van der Waals surface area contributed by atoms with E-state index in [2.05, 4.69) is 4.98 Å². The molecule has 1 N–H and O–H groups in total. The number of aryl methyl sites for hydroxylation is 1. The molecule has 0 saturated carbocycles. The molecule has 1 rings (SSSR count). The molecule has 0 fully saturated rings. The van der Waals surface area contributed by atoms with E-state index in [-0.39, 0.29) is 5.69 Å². The predicted octanol–water partition coefficient (Wildman–Crippen LogP) is 0.276. The van der Waals surface area contributed by atoms with Crippen LogP contribution in [0.15, 0.2) is 11.0 Å². The molecule has 1 aromatic rings. The summed E-state index contributed by atoms with van der Waals surface area (Å²) in [5.74, 6) is 0. The largest absolute Gasteiger partial charge is 0.325 e. The number of aromatic nitrogens is 2. The highest BCUT2D eigenvalue weighted by molar-refractivity contribution is 4.96. The minimum atomic E-state index is -0.0353. The van der Waals surface area contributed by atoms with Gasteiger partial charge in [-0.2, -0.15) is 0 Å². The lowest BCUT2D eigenvalue weighted by Crippen LogP contribution is -2.13. The van der Waals surface area contributed by atoms with Crippen molar-refractivity contribution >= 4 is 0 Å². The number of hydrogen-bond donors (Lipinski definition) is 1. The van der Waals surface area contributed by atoms with E-state index in [1.54, 1.807) is 17.8 Å². The lowest BCUT2D eigenvalue weighted by Gasteiger charge is -1.92. The number of nitrogens with one attached hydrogen (secondary N) is 1. The van der Waals surface area contributed by atoms with E-state index < -0.39 is 0 Å². The van der Waals surface area contributed by atoms with Gasteiger partial charge in [-0.3, -0.25) is 4.57 Å². The van der Waals surface area contributed by atoms with Crippen LogP contribution >= 0.6 is 0 Å². The Kier molecular flexibility index (Phi) is 1.42. The summed E-state index contributed by atoms with van der Waals surface area (Å²) in [4.78, 5) is 13.3. The molecule has 50 valence electrons. The standard InChI is InChI=1S/C6H10N2O/c1-3-5-4-7-6(9)8(5)2/h4H,3H2,1-2H3,(H,7,9). The first-order valence-electron chi connectivity index (χ1n) is 2.99. The molecule has 0 aliphatic carbocycles. The fraction of sp³-hybridized carbons (Fsp3) is 0.500. The number of aromatic amines is 1. The minimum Gasteiger partial charge on any atom is -0.312 e. The van der Waals surface area contributed by atoms with Gasteiger partial charge in [-0.25, -0.2) is 4.79 Å². The van der Waals surface area contributed by atoms with Crippen LogP contribution in [0, 0.1) is 0 Å². The van der Waals surface area contributed by atoms with Gasteiger partial charge in [0.15, 0.2) is 0 Å². The summed E-state index contributed by atoms with van der Waals surface area (Å²) in [5.41, 5.74) is 1.01. The van der Waals surface area contributed by atoms with E-state index in [9.17, 15) is 4.79 Å². The molecule has 0 radical (unpaired) electrons. The maximum Gasteiger partial charge on any atom is 0.325 e. The van der Waals surface area contributed by atoms with Crippen LogP contribution < -0.4 is 5.69 Å². The third-order valence-corrected chi connectivity index (χ3v) is 1.46. The van der Waals surface area contributed by atoms with Crippen molar-refractivity contribution in [2.75, 3.05) is 0 Å². The van der Waals surface area contributed by atoms with Crippen LogP contribution in [-0.4, -0.2) is 9.55 Å². The van der Waals surface area contributed by atoms with Gasteiger partial charge >= 0.3 is 5.69 Å². The third kappa shape index (κ3) is 0.896. The second-order valence-corrected chi connectivity index (χ2v) is 2.00. The van der Waals surface area contributed by atoms with Gasteiger partial charge in [-0.15, -0.1) is 0 Å². The van der Waals surface area contributed by atoms with Crippen molar-refractivity contribution in [3.63, 3.8) is 0 Å². The Morgan fingerprint density at radius 3 is 2.67 bits per heavy atom. The van der Waals surface area contributed by atoms with E-state index in [1.807, 2.05) is 6.92 Å². The second kappa shape index (κ2) is 2.09. The van der Waals surface area contributed by atoms with Gasteiger partial charge in [0.1, 0.15) is 0 Å². The highest BCUT2D eigenvalue weighted by Gasteiger charge is 1.95. The van der Waals surface area contributed by atoms with Crippen LogP contribution in [0.5, 0.6) is 0 Å². The van der Waals surface area contributed by atoms with E-state index in [4.69, 9.17) is 0 Å². The first-order valence-corrected chi connectivity index (χ1v) is 2.99. The molecule has 9 heavy (non-hydrogen) atoms. The molecule has 0 unspecified atom stereocenters. The van der Waals surface area contributed by atoms with E-state index in [0.29, 0.717) is 0 Å². The Morgan fingerprint density at radius 2 is 2.44 bits per heavy atom. The normalized spacial score (nSPS) is 10.0. The van der Waals surface area contributed by atoms with Crippen LogP contribution in [0.4, 0.5) is 0 Å². The molecule has 0 saturated heterocycles. The maximum atomic E-state index is 10.7. The Hall–Kier alpha value is -0.990. The van der Waals surface area contributed by atoms with Crippen LogP contribution in [0.1, 0.15) is 12.6 Å². The zero-order valence-electron chi connectivity index (χ0n) is 5.64. The smallest absolute Gasteiger partial charge is 0.312 e. The molecule has 0 bridgehead atoms. The van der Waals surface area contributed by atoms with Gasteiger partial charge in [0.05, 0.1) is 0 Å². The van der Waals surface area contributed by atoms with Crippen molar-refractivity contribution in [1.29, 1.82) is 0 Å². The molecule has 0 aliphatic heterocycles. The first-order chi connectivity index (χ1) is 4.25. The number of imidazole rings is 1. The summed E-state index contributed by atoms with van der Waals surface area (Å²) in [6.45, 7) is 2.02. The molecular formula is C6H10N2O. The summed E-state index contributed by atoms with van der Waals surface area (Å²) in [6, 6.07) is 0. The van der Waals surface area contributed by atoms with Crippen LogP contribution in [0.2, 0.25) is 0 Å². The maximum absolute atomic E-state index is 10.7. The zero-order valence-corrected chi connectivity index (χ0v) is 5.64. The van der Waals surface area contributed by atoms with Gasteiger partial charge in [0.2, 0.25) is 0 Å². The van der Waals surface area contributed by atoms with Crippen molar-refractivity contribution in [3.05, 3.63) is 22.4 Å². The minimum absolute atomic E-state index is 0.0353. The average Bonchev–Trinajstić information content (AvgIpc) is 2.15. The van der Waals surface area contributed by atoms with Gasteiger partial charge in [0, 0.05) is 18.9 Å². The van der Waals surface area contributed by atoms with E-state index in [0.717, 1.165) is 12.1 Å². The number of rotatable bonds is 1. The summed E-state index contributed by atoms with van der Waals surface area (Å²) >= 11 is 0. The van der Waals surface area contributed by atoms with Crippen molar-refractivity contribution in [1.82, 2.24) is 9.55 Å². The van der Waals surface area contributed by atoms with Crippen molar-refractivity contribution in [3.8, 4) is 0 Å². The molecule has 0 amide bonds. The van der Waals surface area contributed by atoms with Crippen molar-refractivity contribution in [2.24, 2.45) is 7.05 Å². The molecule has 1 heterocycles. The van der Waals surface area contributed by atoms with Crippen LogP contribution in [0.3, 0.4) is 0 Å².